The Morgan fingerprint density at radius 1 is 1.45 bits per heavy atom. The molecule has 0 amide bonds. The lowest BCUT2D eigenvalue weighted by atomic mass is 10.2. The quantitative estimate of drug-likeness (QED) is 0.684. The minimum atomic E-state index is 0. The summed E-state index contributed by atoms with van der Waals surface area (Å²) in [5.74, 6) is 0. The first-order valence-electron chi connectivity index (χ1n) is 2.92. The lowest BCUT2D eigenvalue weighted by molar-refractivity contribution is 1.03. The molecule has 0 aliphatic heterocycles. The third-order valence-corrected chi connectivity index (χ3v) is 2.07. The van der Waals surface area contributed by atoms with Crippen molar-refractivity contribution in [2.45, 2.75) is 11.4 Å². The van der Waals surface area contributed by atoms with Crippen LogP contribution in [-0.2, 0) is 6.54 Å². The average Bonchev–Trinajstić information content (AvgIpc) is 1.88. The zero-order chi connectivity index (χ0) is 7.56. The van der Waals surface area contributed by atoms with E-state index in [0.29, 0.717) is 11.6 Å². The van der Waals surface area contributed by atoms with Crippen molar-refractivity contribution in [3.05, 3.63) is 28.8 Å². The van der Waals surface area contributed by atoms with Gasteiger partial charge in [0.15, 0.2) is 0 Å². The topological polar surface area (TPSA) is 26.0 Å². The standard InChI is InChI=1S/C7H8ClNS.ClH/c8-6-2-1-3-7(10)5(6)4-9;/h1-3,10H,4,9H2;1H. The van der Waals surface area contributed by atoms with Gasteiger partial charge in [-0.05, 0) is 17.7 Å². The Kier molecular flexibility index (Phi) is 4.93. The van der Waals surface area contributed by atoms with Gasteiger partial charge in [-0.1, -0.05) is 17.7 Å². The van der Waals surface area contributed by atoms with Crippen LogP contribution in [0.3, 0.4) is 0 Å². The number of thiol groups is 1. The fraction of sp³-hybridized carbons (Fsp3) is 0.143. The molecule has 62 valence electrons. The van der Waals surface area contributed by atoms with Gasteiger partial charge in [0, 0.05) is 16.5 Å². The average molecular weight is 210 g/mol. The van der Waals surface area contributed by atoms with E-state index in [1.807, 2.05) is 18.2 Å². The summed E-state index contributed by atoms with van der Waals surface area (Å²) >= 11 is 9.98. The van der Waals surface area contributed by atoms with E-state index in [0.717, 1.165) is 10.5 Å². The molecular weight excluding hydrogens is 201 g/mol. The van der Waals surface area contributed by atoms with E-state index in [9.17, 15) is 0 Å². The zero-order valence-electron chi connectivity index (χ0n) is 5.75. The normalized spacial score (nSPS) is 9.00. The molecule has 2 N–H and O–H groups in total. The number of benzene rings is 1. The summed E-state index contributed by atoms with van der Waals surface area (Å²) in [4.78, 5) is 0.856. The summed E-state index contributed by atoms with van der Waals surface area (Å²) in [6.45, 7) is 0.443. The largest absolute Gasteiger partial charge is 0.326 e. The summed E-state index contributed by atoms with van der Waals surface area (Å²) in [6, 6.07) is 5.53. The first-order valence-corrected chi connectivity index (χ1v) is 3.74. The Labute approximate surface area is 82.7 Å². The maximum Gasteiger partial charge on any atom is 0.0461 e. The van der Waals surface area contributed by atoms with Gasteiger partial charge in [-0.25, -0.2) is 0 Å². The van der Waals surface area contributed by atoms with Crippen LogP contribution in [0.15, 0.2) is 23.1 Å². The Morgan fingerprint density at radius 3 is 2.45 bits per heavy atom. The molecule has 0 radical (unpaired) electrons. The molecule has 0 spiro atoms. The van der Waals surface area contributed by atoms with Crippen molar-refractivity contribution in [3.8, 4) is 0 Å². The van der Waals surface area contributed by atoms with Crippen LogP contribution >= 0.6 is 36.6 Å². The van der Waals surface area contributed by atoms with Gasteiger partial charge in [0.05, 0.1) is 0 Å². The number of nitrogens with two attached hydrogens (primary N) is 1. The van der Waals surface area contributed by atoms with Crippen molar-refractivity contribution in [2.24, 2.45) is 5.73 Å². The molecule has 0 saturated heterocycles. The van der Waals surface area contributed by atoms with Gasteiger partial charge in [-0.15, -0.1) is 25.0 Å². The van der Waals surface area contributed by atoms with Crippen molar-refractivity contribution < 1.29 is 0 Å². The Balaban J connectivity index is 0.000001000. The molecule has 11 heavy (non-hydrogen) atoms. The molecule has 0 aliphatic carbocycles. The molecule has 0 fully saturated rings. The third kappa shape index (κ3) is 2.56. The highest BCUT2D eigenvalue weighted by Crippen LogP contribution is 2.21. The molecule has 0 atom stereocenters. The van der Waals surface area contributed by atoms with E-state index in [-0.39, 0.29) is 12.4 Å². The molecule has 0 heterocycles. The Morgan fingerprint density at radius 2 is 2.09 bits per heavy atom. The highest BCUT2D eigenvalue weighted by molar-refractivity contribution is 7.80. The van der Waals surface area contributed by atoms with E-state index in [1.54, 1.807) is 0 Å². The second-order valence-corrected chi connectivity index (χ2v) is 2.83. The van der Waals surface area contributed by atoms with Gasteiger partial charge >= 0.3 is 0 Å². The molecule has 0 aromatic heterocycles. The molecule has 1 nitrogen and oxygen atoms in total. The maximum absolute atomic E-state index is 5.80. The number of rotatable bonds is 1. The molecule has 0 saturated carbocycles. The van der Waals surface area contributed by atoms with Crippen molar-refractivity contribution >= 4 is 36.6 Å². The van der Waals surface area contributed by atoms with E-state index in [2.05, 4.69) is 12.6 Å². The van der Waals surface area contributed by atoms with Crippen LogP contribution in [-0.4, -0.2) is 0 Å². The summed E-state index contributed by atoms with van der Waals surface area (Å²) < 4.78 is 0. The lowest BCUT2D eigenvalue weighted by Crippen LogP contribution is -1.97. The monoisotopic (exact) mass is 209 g/mol. The summed E-state index contributed by atoms with van der Waals surface area (Å²) in [5, 5.41) is 0.690. The summed E-state index contributed by atoms with van der Waals surface area (Å²) in [7, 11) is 0. The van der Waals surface area contributed by atoms with Crippen LogP contribution in [0.2, 0.25) is 5.02 Å². The molecule has 4 heteroatoms. The van der Waals surface area contributed by atoms with Gasteiger partial charge < -0.3 is 5.73 Å². The van der Waals surface area contributed by atoms with Crippen LogP contribution in [0.4, 0.5) is 0 Å². The highest BCUT2D eigenvalue weighted by atomic mass is 35.5. The number of hydrogen-bond donors (Lipinski definition) is 2. The smallest absolute Gasteiger partial charge is 0.0461 e. The fourth-order valence-electron chi connectivity index (χ4n) is 0.749. The number of halogens is 2. The van der Waals surface area contributed by atoms with Crippen molar-refractivity contribution in [2.75, 3.05) is 0 Å². The van der Waals surface area contributed by atoms with Gasteiger partial charge in [0.2, 0.25) is 0 Å². The minimum absolute atomic E-state index is 0. The van der Waals surface area contributed by atoms with Crippen molar-refractivity contribution in [1.29, 1.82) is 0 Å². The SMILES string of the molecule is Cl.NCc1c(S)cccc1Cl. The molecule has 0 aliphatic rings. The molecule has 1 rings (SSSR count). The predicted octanol–water partition coefficient (Wildman–Crippen LogP) is 2.51. The van der Waals surface area contributed by atoms with Gasteiger partial charge in [0.1, 0.15) is 0 Å². The van der Waals surface area contributed by atoms with E-state index >= 15 is 0 Å². The fourth-order valence-corrected chi connectivity index (χ4v) is 1.36. The maximum atomic E-state index is 5.80. The van der Waals surface area contributed by atoms with Crippen LogP contribution in [0.5, 0.6) is 0 Å². The second kappa shape index (κ2) is 4.88. The minimum Gasteiger partial charge on any atom is -0.326 e. The molecule has 1 aromatic carbocycles. The van der Waals surface area contributed by atoms with Crippen LogP contribution in [0.1, 0.15) is 5.56 Å². The van der Waals surface area contributed by atoms with Crippen LogP contribution in [0, 0.1) is 0 Å². The summed E-state index contributed by atoms with van der Waals surface area (Å²) in [6.07, 6.45) is 0. The van der Waals surface area contributed by atoms with Crippen molar-refractivity contribution in [1.82, 2.24) is 0 Å². The molecular formula is C7H9Cl2NS. The van der Waals surface area contributed by atoms with Crippen molar-refractivity contribution in [3.63, 3.8) is 0 Å². The van der Waals surface area contributed by atoms with Crippen LogP contribution < -0.4 is 5.73 Å². The third-order valence-electron chi connectivity index (χ3n) is 1.30. The molecule has 0 bridgehead atoms. The molecule has 0 unspecified atom stereocenters. The first kappa shape index (κ1) is 11.1. The van der Waals surface area contributed by atoms with E-state index in [4.69, 9.17) is 17.3 Å². The highest BCUT2D eigenvalue weighted by Gasteiger charge is 1.99. The zero-order valence-corrected chi connectivity index (χ0v) is 8.22. The van der Waals surface area contributed by atoms with Crippen LogP contribution in [0.25, 0.3) is 0 Å². The van der Waals surface area contributed by atoms with Gasteiger partial charge in [0.25, 0.3) is 0 Å². The Bertz CT molecular complexity index is 220. The first-order chi connectivity index (χ1) is 4.75. The van der Waals surface area contributed by atoms with E-state index < -0.39 is 0 Å². The second-order valence-electron chi connectivity index (χ2n) is 1.94. The lowest BCUT2D eigenvalue weighted by Gasteiger charge is -2.02. The van der Waals surface area contributed by atoms with Gasteiger partial charge in [-0.2, -0.15) is 0 Å². The van der Waals surface area contributed by atoms with E-state index in [1.165, 1.54) is 0 Å². The van der Waals surface area contributed by atoms with Gasteiger partial charge in [-0.3, -0.25) is 0 Å². The summed E-state index contributed by atoms with van der Waals surface area (Å²) in [5.41, 5.74) is 6.33. The number of hydrogen-bond acceptors (Lipinski definition) is 2. The predicted molar refractivity (Wildman–Crippen MR) is 53.8 cm³/mol. The molecule has 1 aromatic rings. The Hall–Kier alpha value is 0.110.